The van der Waals surface area contributed by atoms with E-state index in [9.17, 15) is 4.39 Å². The van der Waals surface area contributed by atoms with Crippen LogP contribution in [-0.4, -0.2) is 0 Å². The molecule has 2 aromatic rings. The van der Waals surface area contributed by atoms with E-state index in [1.165, 1.54) is 6.26 Å². The number of nitrogens with two attached hydrogens (primary N) is 1. The zero-order valence-electron chi connectivity index (χ0n) is 7.84. The van der Waals surface area contributed by atoms with Crippen molar-refractivity contribution in [3.63, 3.8) is 0 Å². The molecule has 1 aromatic heterocycles. The van der Waals surface area contributed by atoms with Crippen molar-refractivity contribution in [3.05, 3.63) is 46.6 Å². The van der Waals surface area contributed by atoms with Gasteiger partial charge in [0.15, 0.2) is 0 Å². The minimum Gasteiger partial charge on any atom is -0.467 e. The Labute approximate surface area is 95.0 Å². The van der Waals surface area contributed by atoms with Crippen molar-refractivity contribution in [2.45, 2.75) is 6.54 Å². The fourth-order valence-electron chi connectivity index (χ4n) is 1.45. The SMILES string of the molecule is NCc1occc1-c1cccc(Br)c1F. The lowest BCUT2D eigenvalue weighted by Gasteiger charge is -2.03. The van der Waals surface area contributed by atoms with E-state index in [4.69, 9.17) is 10.2 Å². The molecule has 0 aliphatic heterocycles. The van der Waals surface area contributed by atoms with Gasteiger partial charge in [-0.25, -0.2) is 4.39 Å². The summed E-state index contributed by atoms with van der Waals surface area (Å²) >= 11 is 3.14. The summed E-state index contributed by atoms with van der Waals surface area (Å²) in [5.41, 5.74) is 6.70. The van der Waals surface area contributed by atoms with Crippen molar-refractivity contribution in [2.75, 3.05) is 0 Å². The number of hydrogen-bond acceptors (Lipinski definition) is 2. The first kappa shape index (κ1) is 10.4. The molecule has 0 aliphatic rings. The molecule has 0 saturated heterocycles. The van der Waals surface area contributed by atoms with E-state index in [0.717, 1.165) is 0 Å². The number of hydrogen-bond donors (Lipinski definition) is 1. The molecule has 2 N–H and O–H groups in total. The van der Waals surface area contributed by atoms with E-state index in [-0.39, 0.29) is 12.4 Å². The fraction of sp³-hybridized carbons (Fsp3) is 0.0909. The Morgan fingerprint density at radius 2 is 2.07 bits per heavy atom. The van der Waals surface area contributed by atoms with Crippen LogP contribution in [0, 0.1) is 5.82 Å². The predicted molar refractivity (Wildman–Crippen MR) is 59.7 cm³/mol. The molecule has 0 amide bonds. The third-order valence-electron chi connectivity index (χ3n) is 2.17. The highest BCUT2D eigenvalue weighted by atomic mass is 79.9. The molecule has 0 atom stereocenters. The lowest BCUT2D eigenvalue weighted by atomic mass is 10.1. The van der Waals surface area contributed by atoms with Crippen molar-refractivity contribution in [1.82, 2.24) is 0 Å². The van der Waals surface area contributed by atoms with Crippen molar-refractivity contribution >= 4 is 15.9 Å². The van der Waals surface area contributed by atoms with Crippen molar-refractivity contribution in [1.29, 1.82) is 0 Å². The maximum absolute atomic E-state index is 13.8. The highest BCUT2D eigenvalue weighted by molar-refractivity contribution is 9.10. The monoisotopic (exact) mass is 269 g/mol. The van der Waals surface area contributed by atoms with Crippen molar-refractivity contribution < 1.29 is 8.81 Å². The Balaban J connectivity index is 2.59. The van der Waals surface area contributed by atoms with Gasteiger partial charge in [0.1, 0.15) is 11.6 Å². The second kappa shape index (κ2) is 4.16. The summed E-state index contributed by atoms with van der Waals surface area (Å²) in [5.74, 6) is 0.292. The summed E-state index contributed by atoms with van der Waals surface area (Å²) in [6.07, 6.45) is 1.51. The third-order valence-corrected chi connectivity index (χ3v) is 2.79. The molecular weight excluding hydrogens is 261 g/mol. The van der Waals surface area contributed by atoms with E-state index in [0.29, 0.717) is 21.4 Å². The molecule has 0 spiro atoms. The van der Waals surface area contributed by atoms with E-state index in [1.807, 2.05) is 0 Å². The maximum atomic E-state index is 13.8. The number of halogens is 2. The molecular formula is C11H9BrFNO. The van der Waals surface area contributed by atoms with Crippen molar-refractivity contribution in [2.24, 2.45) is 5.73 Å². The standard InChI is InChI=1S/C11H9BrFNO/c12-9-3-1-2-8(11(9)13)7-4-5-15-10(7)6-14/h1-5H,6,14H2. The summed E-state index contributed by atoms with van der Waals surface area (Å²) in [4.78, 5) is 0. The molecule has 0 radical (unpaired) electrons. The van der Waals surface area contributed by atoms with Crippen LogP contribution in [0.25, 0.3) is 11.1 Å². The van der Waals surface area contributed by atoms with Crippen LogP contribution < -0.4 is 5.73 Å². The Morgan fingerprint density at radius 3 is 2.80 bits per heavy atom. The highest BCUT2D eigenvalue weighted by Crippen LogP contribution is 2.30. The smallest absolute Gasteiger partial charge is 0.145 e. The van der Waals surface area contributed by atoms with Gasteiger partial charge in [-0.1, -0.05) is 12.1 Å². The van der Waals surface area contributed by atoms with Crippen LogP contribution in [0.4, 0.5) is 4.39 Å². The molecule has 15 heavy (non-hydrogen) atoms. The van der Waals surface area contributed by atoms with Gasteiger partial charge in [0.2, 0.25) is 0 Å². The minimum absolute atomic E-state index is 0.258. The molecule has 0 fully saturated rings. The molecule has 0 bridgehead atoms. The molecule has 2 nitrogen and oxygen atoms in total. The van der Waals surface area contributed by atoms with Gasteiger partial charge < -0.3 is 10.2 Å². The Bertz CT molecular complexity index is 481. The number of benzene rings is 1. The molecule has 0 unspecified atom stereocenters. The molecule has 0 aliphatic carbocycles. The summed E-state index contributed by atoms with van der Waals surface area (Å²) in [7, 11) is 0. The number of furan rings is 1. The van der Waals surface area contributed by atoms with Crippen LogP contribution in [0.5, 0.6) is 0 Å². The predicted octanol–water partition coefficient (Wildman–Crippen LogP) is 3.31. The van der Waals surface area contributed by atoms with Gasteiger partial charge in [-0.15, -0.1) is 0 Å². The minimum atomic E-state index is -0.298. The number of rotatable bonds is 2. The van der Waals surface area contributed by atoms with Gasteiger partial charge in [0.25, 0.3) is 0 Å². The molecule has 1 aromatic carbocycles. The average Bonchev–Trinajstić information content (AvgIpc) is 2.70. The first-order valence-corrected chi connectivity index (χ1v) is 5.24. The van der Waals surface area contributed by atoms with E-state index >= 15 is 0 Å². The fourth-order valence-corrected chi connectivity index (χ4v) is 1.82. The van der Waals surface area contributed by atoms with Crippen molar-refractivity contribution in [3.8, 4) is 11.1 Å². The van der Waals surface area contributed by atoms with Gasteiger partial charge in [-0.2, -0.15) is 0 Å². The van der Waals surface area contributed by atoms with Gasteiger partial charge in [0, 0.05) is 11.1 Å². The van der Waals surface area contributed by atoms with Crippen LogP contribution in [0.1, 0.15) is 5.76 Å². The lowest BCUT2D eigenvalue weighted by molar-refractivity contribution is 0.513. The largest absolute Gasteiger partial charge is 0.467 e. The van der Waals surface area contributed by atoms with E-state index < -0.39 is 0 Å². The topological polar surface area (TPSA) is 39.2 Å². The lowest BCUT2D eigenvalue weighted by Crippen LogP contribution is -1.97. The van der Waals surface area contributed by atoms with Gasteiger partial charge in [0.05, 0.1) is 17.3 Å². The summed E-state index contributed by atoms with van der Waals surface area (Å²) in [6.45, 7) is 0.258. The maximum Gasteiger partial charge on any atom is 0.145 e. The summed E-state index contributed by atoms with van der Waals surface area (Å²) < 4.78 is 19.3. The third kappa shape index (κ3) is 1.82. The van der Waals surface area contributed by atoms with Crippen LogP contribution in [0.3, 0.4) is 0 Å². The Morgan fingerprint density at radius 1 is 1.27 bits per heavy atom. The Hall–Kier alpha value is -1.13. The molecule has 78 valence electrons. The van der Waals surface area contributed by atoms with Gasteiger partial charge in [-0.3, -0.25) is 0 Å². The van der Waals surface area contributed by atoms with E-state index in [2.05, 4.69) is 15.9 Å². The zero-order chi connectivity index (χ0) is 10.8. The Kier molecular flexibility index (Phi) is 2.88. The molecule has 4 heteroatoms. The molecule has 1 heterocycles. The van der Waals surface area contributed by atoms with Crippen LogP contribution in [-0.2, 0) is 6.54 Å². The average molecular weight is 270 g/mol. The van der Waals surface area contributed by atoms with Crippen LogP contribution in [0.15, 0.2) is 39.4 Å². The first-order chi connectivity index (χ1) is 7.24. The van der Waals surface area contributed by atoms with Gasteiger partial charge >= 0.3 is 0 Å². The summed E-state index contributed by atoms with van der Waals surface area (Å²) in [5, 5.41) is 0. The van der Waals surface area contributed by atoms with Crippen LogP contribution >= 0.6 is 15.9 Å². The zero-order valence-corrected chi connectivity index (χ0v) is 9.42. The van der Waals surface area contributed by atoms with E-state index in [1.54, 1.807) is 24.3 Å². The van der Waals surface area contributed by atoms with Crippen LogP contribution in [0.2, 0.25) is 0 Å². The first-order valence-electron chi connectivity index (χ1n) is 4.45. The second-order valence-electron chi connectivity index (χ2n) is 3.06. The molecule has 0 saturated carbocycles. The second-order valence-corrected chi connectivity index (χ2v) is 3.92. The van der Waals surface area contributed by atoms with Gasteiger partial charge in [-0.05, 0) is 28.1 Å². The summed E-state index contributed by atoms with van der Waals surface area (Å²) in [6, 6.07) is 6.84. The normalized spacial score (nSPS) is 10.6. The molecule has 2 rings (SSSR count). The highest BCUT2D eigenvalue weighted by Gasteiger charge is 2.13. The quantitative estimate of drug-likeness (QED) is 0.909.